The van der Waals surface area contributed by atoms with Crippen molar-refractivity contribution >= 4 is 28.6 Å². The highest BCUT2D eigenvalue weighted by molar-refractivity contribution is 6.01. The van der Waals surface area contributed by atoms with Crippen LogP contribution >= 0.6 is 0 Å². The Hall–Kier alpha value is -3.09. The zero-order valence-electron chi connectivity index (χ0n) is 14.2. The van der Waals surface area contributed by atoms with E-state index in [-0.39, 0.29) is 37.1 Å². The molecule has 1 aliphatic rings. The van der Waals surface area contributed by atoms with Crippen molar-refractivity contribution in [3.8, 4) is 5.75 Å². The third-order valence-corrected chi connectivity index (χ3v) is 4.02. The zero-order valence-corrected chi connectivity index (χ0v) is 14.2. The van der Waals surface area contributed by atoms with E-state index >= 15 is 0 Å². The van der Waals surface area contributed by atoms with Crippen molar-refractivity contribution in [1.29, 1.82) is 0 Å². The fraction of sp³-hybridized carbons (Fsp3) is 0.316. The number of carbonyl (C=O) groups is 3. The third kappa shape index (κ3) is 4.72. The monoisotopic (exact) mass is 356 g/mol. The highest BCUT2D eigenvalue weighted by atomic mass is 16.5. The number of ether oxygens (including phenoxy) is 1. The number of hydrogen-bond donors (Lipinski definition) is 3. The first-order valence-electron chi connectivity index (χ1n) is 8.48. The molecule has 0 atom stereocenters. The predicted octanol–water partition coefficient (Wildman–Crippen LogP) is 1.70. The second-order valence-electron chi connectivity index (χ2n) is 6.23. The van der Waals surface area contributed by atoms with Gasteiger partial charge < -0.3 is 20.5 Å². The molecule has 1 saturated carbocycles. The van der Waals surface area contributed by atoms with Crippen LogP contribution in [0.4, 0.5) is 0 Å². The molecule has 2 aromatic carbocycles. The van der Waals surface area contributed by atoms with Crippen LogP contribution in [-0.4, -0.2) is 42.1 Å². The molecule has 0 aromatic heterocycles. The van der Waals surface area contributed by atoms with Crippen LogP contribution in [0.1, 0.15) is 29.6 Å². The van der Waals surface area contributed by atoms with Gasteiger partial charge in [0.2, 0.25) is 0 Å². The maximum Gasteiger partial charge on any atom is 0.305 e. The molecule has 7 heteroatoms. The van der Waals surface area contributed by atoms with E-state index in [0.717, 1.165) is 23.6 Å². The van der Waals surface area contributed by atoms with Crippen LogP contribution in [0.3, 0.4) is 0 Å². The first-order chi connectivity index (χ1) is 12.5. The van der Waals surface area contributed by atoms with Gasteiger partial charge in [0.15, 0.2) is 6.61 Å². The molecule has 0 aliphatic heterocycles. The van der Waals surface area contributed by atoms with Crippen molar-refractivity contribution in [2.75, 3.05) is 13.2 Å². The molecule has 0 radical (unpaired) electrons. The summed E-state index contributed by atoms with van der Waals surface area (Å²) in [6, 6.07) is 11.1. The number of carboxylic acids is 1. The standard InChI is InChI=1S/C19H20N2O5/c22-17(21-14-5-6-14)11-26-16-10-13-4-2-1-3-12(13)9-15(16)19(25)20-8-7-18(23)24/h1-4,9-10,14H,5-8,11H2,(H,20,25)(H,21,22)(H,23,24). The molecule has 2 amide bonds. The number of aliphatic carboxylic acids is 1. The van der Waals surface area contributed by atoms with Gasteiger partial charge >= 0.3 is 5.97 Å². The summed E-state index contributed by atoms with van der Waals surface area (Å²) in [6.45, 7) is -0.160. The molecule has 0 unspecified atom stereocenters. The summed E-state index contributed by atoms with van der Waals surface area (Å²) in [6.07, 6.45) is 1.80. The average molecular weight is 356 g/mol. The van der Waals surface area contributed by atoms with Crippen molar-refractivity contribution in [1.82, 2.24) is 10.6 Å². The Balaban J connectivity index is 1.77. The van der Waals surface area contributed by atoms with Crippen LogP contribution in [0.2, 0.25) is 0 Å². The van der Waals surface area contributed by atoms with E-state index in [9.17, 15) is 14.4 Å². The number of carboxylic acid groups (broad SMARTS) is 1. The summed E-state index contributed by atoms with van der Waals surface area (Å²) in [5.74, 6) is -1.35. The lowest BCUT2D eigenvalue weighted by molar-refractivity contribution is -0.136. The number of hydrogen-bond acceptors (Lipinski definition) is 4. The van der Waals surface area contributed by atoms with E-state index in [1.807, 2.05) is 24.3 Å². The van der Waals surface area contributed by atoms with Crippen LogP contribution in [0.25, 0.3) is 10.8 Å². The molecular weight excluding hydrogens is 336 g/mol. The molecule has 26 heavy (non-hydrogen) atoms. The van der Waals surface area contributed by atoms with Gasteiger partial charge in [-0.25, -0.2) is 0 Å². The second-order valence-corrected chi connectivity index (χ2v) is 6.23. The van der Waals surface area contributed by atoms with Crippen molar-refractivity contribution in [3.05, 3.63) is 42.0 Å². The molecule has 0 bridgehead atoms. The van der Waals surface area contributed by atoms with Crippen molar-refractivity contribution < 1.29 is 24.2 Å². The van der Waals surface area contributed by atoms with Crippen molar-refractivity contribution in [2.24, 2.45) is 0 Å². The number of fused-ring (bicyclic) bond motifs is 1. The Kier molecular flexibility index (Phi) is 5.36. The van der Waals surface area contributed by atoms with Gasteiger partial charge in [-0.3, -0.25) is 14.4 Å². The van der Waals surface area contributed by atoms with Gasteiger partial charge in [0.25, 0.3) is 11.8 Å². The predicted molar refractivity (Wildman–Crippen MR) is 95.2 cm³/mol. The lowest BCUT2D eigenvalue weighted by Gasteiger charge is -2.13. The van der Waals surface area contributed by atoms with Gasteiger partial charge in [0.05, 0.1) is 12.0 Å². The molecule has 7 nitrogen and oxygen atoms in total. The second kappa shape index (κ2) is 7.86. The van der Waals surface area contributed by atoms with Gasteiger partial charge in [-0.05, 0) is 35.7 Å². The number of amides is 2. The maximum atomic E-state index is 12.4. The Morgan fingerprint density at radius 2 is 1.81 bits per heavy atom. The summed E-state index contributed by atoms with van der Waals surface area (Å²) < 4.78 is 5.60. The number of benzene rings is 2. The smallest absolute Gasteiger partial charge is 0.305 e. The molecule has 3 N–H and O–H groups in total. The summed E-state index contributed by atoms with van der Waals surface area (Å²) in [7, 11) is 0. The van der Waals surface area contributed by atoms with Crippen molar-refractivity contribution in [2.45, 2.75) is 25.3 Å². The first kappa shape index (κ1) is 17.7. The normalized spacial score (nSPS) is 13.2. The molecule has 0 spiro atoms. The third-order valence-electron chi connectivity index (χ3n) is 4.02. The topological polar surface area (TPSA) is 105 Å². The van der Waals surface area contributed by atoms with Crippen LogP contribution in [0, 0.1) is 0 Å². The highest BCUT2D eigenvalue weighted by Gasteiger charge is 2.23. The molecule has 1 fully saturated rings. The fourth-order valence-corrected chi connectivity index (χ4v) is 2.53. The molecule has 0 heterocycles. The molecule has 136 valence electrons. The lowest BCUT2D eigenvalue weighted by atomic mass is 10.1. The van der Waals surface area contributed by atoms with E-state index in [1.165, 1.54) is 0 Å². The van der Waals surface area contributed by atoms with Gasteiger partial charge in [0, 0.05) is 12.6 Å². The summed E-state index contributed by atoms with van der Waals surface area (Å²) in [4.78, 5) is 34.9. The summed E-state index contributed by atoms with van der Waals surface area (Å²) in [5, 5.41) is 15.8. The summed E-state index contributed by atoms with van der Waals surface area (Å²) in [5.41, 5.74) is 0.272. The average Bonchev–Trinajstić information content (AvgIpc) is 3.42. The minimum Gasteiger partial charge on any atom is -0.483 e. The lowest BCUT2D eigenvalue weighted by Crippen LogP contribution is -2.31. The largest absolute Gasteiger partial charge is 0.483 e. The van der Waals surface area contributed by atoms with Crippen LogP contribution in [0.15, 0.2) is 36.4 Å². The highest BCUT2D eigenvalue weighted by Crippen LogP contribution is 2.26. The molecule has 3 rings (SSSR count). The van der Waals surface area contributed by atoms with Gasteiger partial charge in [-0.2, -0.15) is 0 Å². The molecule has 2 aromatic rings. The number of rotatable bonds is 8. The zero-order chi connectivity index (χ0) is 18.5. The molecule has 1 aliphatic carbocycles. The quantitative estimate of drug-likeness (QED) is 0.668. The van der Waals surface area contributed by atoms with Gasteiger partial charge in [-0.15, -0.1) is 0 Å². The summed E-state index contributed by atoms with van der Waals surface area (Å²) >= 11 is 0. The Morgan fingerprint density at radius 1 is 1.12 bits per heavy atom. The van der Waals surface area contributed by atoms with Crippen LogP contribution < -0.4 is 15.4 Å². The fourth-order valence-electron chi connectivity index (χ4n) is 2.53. The number of nitrogens with one attached hydrogen (secondary N) is 2. The van der Waals surface area contributed by atoms with E-state index < -0.39 is 11.9 Å². The minimum absolute atomic E-state index is 0.0165. The van der Waals surface area contributed by atoms with Crippen molar-refractivity contribution in [3.63, 3.8) is 0 Å². The molecular formula is C19H20N2O5. The SMILES string of the molecule is O=C(O)CCNC(=O)c1cc2ccccc2cc1OCC(=O)NC1CC1. The van der Waals surface area contributed by atoms with E-state index in [4.69, 9.17) is 9.84 Å². The van der Waals surface area contributed by atoms with Gasteiger partial charge in [-0.1, -0.05) is 24.3 Å². The van der Waals surface area contributed by atoms with E-state index in [0.29, 0.717) is 5.75 Å². The van der Waals surface area contributed by atoms with Crippen LogP contribution in [-0.2, 0) is 9.59 Å². The van der Waals surface area contributed by atoms with Crippen LogP contribution in [0.5, 0.6) is 5.75 Å². The Labute approximate surface area is 150 Å². The first-order valence-corrected chi connectivity index (χ1v) is 8.48. The molecule has 0 saturated heterocycles. The van der Waals surface area contributed by atoms with E-state index in [2.05, 4.69) is 10.6 Å². The van der Waals surface area contributed by atoms with Gasteiger partial charge in [0.1, 0.15) is 5.75 Å². The maximum absolute atomic E-state index is 12.4. The Bertz CT molecular complexity index is 845. The van der Waals surface area contributed by atoms with E-state index in [1.54, 1.807) is 12.1 Å². The Morgan fingerprint density at radius 3 is 2.46 bits per heavy atom. The minimum atomic E-state index is -0.989. The number of carbonyl (C=O) groups excluding carboxylic acids is 2.